The van der Waals surface area contributed by atoms with Crippen LogP contribution in [0.2, 0.25) is 0 Å². The predicted octanol–water partition coefficient (Wildman–Crippen LogP) is 4.28. The zero-order valence-electron chi connectivity index (χ0n) is 13.3. The summed E-state index contributed by atoms with van der Waals surface area (Å²) >= 11 is 1.94. The van der Waals surface area contributed by atoms with Crippen LogP contribution >= 0.6 is 11.3 Å². The number of fused-ring (bicyclic) bond motifs is 2. The standard InChI is InChI=1S/C18H25NOS/c1-12(2)9-19-10-18-16(11-20-3)15-7-13-5-4-6-14(13)8-17(15)21-18/h7-8,12,19H,4-6,9-11H2,1-3H3. The Bertz CT molecular complexity index is 630. The highest BCUT2D eigenvalue weighted by Gasteiger charge is 2.17. The Morgan fingerprint density at radius 2 is 2.00 bits per heavy atom. The fraction of sp³-hybridized carbons (Fsp3) is 0.556. The highest BCUT2D eigenvalue weighted by atomic mass is 32.1. The molecular formula is C18H25NOS. The maximum Gasteiger partial charge on any atom is 0.0730 e. The third-order valence-corrected chi connectivity index (χ3v) is 5.41. The molecule has 1 aromatic carbocycles. The van der Waals surface area contributed by atoms with E-state index in [1.165, 1.54) is 39.8 Å². The Labute approximate surface area is 131 Å². The van der Waals surface area contributed by atoms with Crippen LogP contribution < -0.4 is 5.32 Å². The molecule has 1 aliphatic carbocycles. The second-order valence-electron chi connectivity index (χ2n) is 6.43. The van der Waals surface area contributed by atoms with Gasteiger partial charge < -0.3 is 10.1 Å². The lowest BCUT2D eigenvalue weighted by molar-refractivity contribution is 0.185. The average molecular weight is 303 g/mol. The lowest BCUT2D eigenvalue weighted by Gasteiger charge is -2.08. The zero-order valence-corrected chi connectivity index (χ0v) is 14.1. The normalized spacial score (nSPS) is 14.3. The molecule has 21 heavy (non-hydrogen) atoms. The molecule has 0 unspecified atom stereocenters. The summed E-state index contributed by atoms with van der Waals surface area (Å²) in [4.78, 5) is 1.44. The molecule has 3 heteroatoms. The van der Waals surface area contributed by atoms with Crippen LogP contribution in [0.3, 0.4) is 0 Å². The second kappa shape index (κ2) is 6.47. The van der Waals surface area contributed by atoms with Crippen molar-refractivity contribution in [2.24, 2.45) is 5.92 Å². The topological polar surface area (TPSA) is 21.3 Å². The molecule has 2 nitrogen and oxygen atoms in total. The van der Waals surface area contributed by atoms with Gasteiger partial charge >= 0.3 is 0 Å². The van der Waals surface area contributed by atoms with Gasteiger partial charge in [0.2, 0.25) is 0 Å². The van der Waals surface area contributed by atoms with Gasteiger partial charge in [-0.3, -0.25) is 0 Å². The summed E-state index contributed by atoms with van der Waals surface area (Å²) in [5.74, 6) is 0.689. The summed E-state index contributed by atoms with van der Waals surface area (Å²) < 4.78 is 6.89. The van der Waals surface area contributed by atoms with Gasteiger partial charge in [-0.05, 0) is 60.4 Å². The van der Waals surface area contributed by atoms with Crippen molar-refractivity contribution < 1.29 is 4.74 Å². The first-order chi connectivity index (χ1) is 10.2. The van der Waals surface area contributed by atoms with E-state index in [4.69, 9.17) is 4.74 Å². The molecule has 0 bridgehead atoms. The van der Waals surface area contributed by atoms with Crippen molar-refractivity contribution in [1.82, 2.24) is 5.32 Å². The lowest BCUT2D eigenvalue weighted by atomic mass is 10.0. The third kappa shape index (κ3) is 3.15. The van der Waals surface area contributed by atoms with Crippen molar-refractivity contribution in [2.75, 3.05) is 13.7 Å². The van der Waals surface area contributed by atoms with Crippen LogP contribution in [0.5, 0.6) is 0 Å². The molecule has 0 radical (unpaired) electrons. The quantitative estimate of drug-likeness (QED) is 0.860. The van der Waals surface area contributed by atoms with Crippen molar-refractivity contribution >= 4 is 21.4 Å². The summed E-state index contributed by atoms with van der Waals surface area (Å²) in [6.07, 6.45) is 3.81. The van der Waals surface area contributed by atoms with E-state index in [2.05, 4.69) is 31.3 Å². The number of aryl methyl sites for hydroxylation is 2. The molecule has 0 spiro atoms. The molecule has 0 atom stereocenters. The molecule has 2 aromatic rings. The fourth-order valence-corrected chi connectivity index (χ4v) is 4.41. The number of ether oxygens (including phenoxy) is 1. The molecule has 1 N–H and O–H groups in total. The zero-order chi connectivity index (χ0) is 14.8. The summed E-state index contributed by atoms with van der Waals surface area (Å²) in [5.41, 5.74) is 4.51. The third-order valence-electron chi connectivity index (χ3n) is 4.22. The molecule has 0 amide bonds. The predicted molar refractivity (Wildman–Crippen MR) is 91.1 cm³/mol. The van der Waals surface area contributed by atoms with Crippen molar-refractivity contribution in [3.63, 3.8) is 0 Å². The molecule has 3 rings (SSSR count). The molecule has 0 fully saturated rings. The average Bonchev–Trinajstić information content (AvgIpc) is 3.01. The highest BCUT2D eigenvalue weighted by Crippen LogP contribution is 2.36. The monoisotopic (exact) mass is 303 g/mol. The van der Waals surface area contributed by atoms with Gasteiger partial charge in [0.15, 0.2) is 0 Å². The van der Waals surface area contributed by atoms with Gasteiger partial charge in [-0.15, -0.1) is 11.3 Å². The van der Waals surface area contributed by atoms with Crippen molar-refractivity contribution in [3.8, 4) is 0 Å². The first-order valence-corrected chi connectivity index (χ1v) is 8.76. The van der Waals surface area contributed by atoms with E-state index in [1.54, 1.807) is 18.2 Å². The Morgan fingerprint density at radius 3 is 2.71 bits per heavy atom. The van der Waals surface area contributed by atoms with E-state index < -0.39 is 0 Å². The van der Waals surface area contributed by atoms with Gasteiger partial charge in [0.1, 0.15) is 0 Å². The van der Waals surface area contributed by atoms with Crippen LogP contribution in [-0.2, 0) is 30.7 Å². The first kappa shape index (κ1) is 15.0. The molecule has 1 heterocycles. The highest BCUT2D eigenvalue weighted by molar-refractivity contribution is 7.19. The molecular weight excluding hydrogens is 278 g/mol. The van der Waals surface area contributed by atoms with Crippen molar-refractivity contribution in [3.05, 3.63) is 33.7 Å². The smallest absolute Gasteiger partial charge is 0.0730 e. The maximum atomic E-state index is 5.46. The number of thiophene rings is 1. The van der Waals surface area contributed by atoms with E-state index in [0.717, 1.165) is 19.7 Å². The van der Waals surface area contributed by atoms with E-state index >= 15 is 0 Å². The molecule has 0 aliphatic heterocycles. The number of rotatable bonds is 6. The minimum absolute atomic E-state index is 0.689. The summed E-state index contributed by atoms with van der Waals surface area (Å²) in [5, 5.41) is 4.99. The number of hydrogen-bond acceptors (Lipinski definition) is 3. The number of benzene rings is 1. The van der Waals surface area contributed by atoms with E-state index in [0.29, 0.717) is 5.92 Å². The van der Waals surface area contributed by atoms with Crippen LogP contribution in [0.15, 0.2) is 12.1 Å². The maximum absolute atomic E-state index is 5.46. The fourth-order valence-electron chi connectivity index (χ4n) is 3.19. The van der Waals surface area contributed by atoms with E-state index in [9.17, 15) is 0 Å². The Hall–Kier alpha value is -0.900. The molecule has 1 aromatic heterocycles. The number of nitrogens with one attached hydrogen (secondary N) is 1. The summed E-state index contributed by atoms with van der Waals surface area (Å²) in [6.45, 7) is 7.24. The minimum Gasteiger partial charge on any atom is -0.380 e. The van der Waals surface area contributed by atoms with Gasteiger partial charge in [-0.2, -0.15) is 0 Å². The Morgan fingerprint density at radius 1 is 1.24 bits per heavy atom. The van der Waals surface area contributed by atoms with Gasteiger partial charge in [0.05, 0.1) is 6.61 Å². The second-order valence-corrected chi connectivity index (χ2v) is 7.57. The molecule has 114 valence electrons. The summed E-state index contributed by atoms with van der Waals surface area (Å²) in [7, 11) is 1.79. The number of methoxy groups -OCH3 is 1. The van der Waals surface area contributed by atoms with Crippen LogP contribution in [-0.4, -0.2) is 13.7 Å². The van der Waals surface area contributed by atoms with Gasteiger partial charge in [0, 0.05) is 28.8 Å². The minimum atomic E-state index is 0.689. The molecule has 1 aliphatic rings. The van der Waals surface area contributed by atoms with E-state index in [-0.39, 0.29) is 0 Å². The molecule has 0 saturated carbocycles. The molecule has 0 saturated heterocycles. The van der Waals surface area contributed by atoms with Gasteiger partial charge in [0.25, 0.3) is 0 Å². The van der Waals surface area contributed by atoms with Crippen LogP contribution in [0.1, 0.15) is 41.8 Å². The lowest BCUT2D eigenvalue weighted by Crippen LogP contribution is -2.19. The SMILES string of the molecule is COCc1c(CNCC(C)C)sc2cc3c(cc12)CCC3. The van der Waals surface area contributed by atoms with Crippen LogP contribution in [0.25, 0.3) is 10.1 Å². The first-order valence-electron chi connectivity index (χ1n) is 7.94. The Kier molecular flexibility index (Phi) is 4.63. The van der Waals surface area contributed by atoms with Crippen molar-refractivity contribution in [1.29, 1.82) is 0 Å². The van der Waals surface area contributed by atoms with Crippen molar-refractivity contribution in [2.45, 2.75) is 46.3 Å². The largest absolute Gasteiger partial charge is 0.380 e. The van der Waals surface area contributed by atoms with Gasteiger partial charge in [-0.25, -0.2) is 0 Å². The van der Waals surface area contributed by atoms with E-state index in [1.807, 2.05) is 11.3 Å². The summed E-state index contributed by atoms with van der Waals surface area (Å²) in [6, 6.07) is 4.85. The van der Waals surface area contributed by atoms with Crippen LogP contribution in [0, 0.1) is 5.92 Å². The number of hydrogen-bond donors (Lipinski definition) is 1. The Balaban J connectivity index is 1.93. The van der Waals surface area contributed by atoms with Crippen LogP contribution in [0.4, 0.5) is 0 Å². The van der Waals surface area contributed by atoms with Gasteiger partial charge in [-0.1, -0.05) is 13.8 Å².